The van der Waals surface area contributed by atoms with E-state index in [1.165, 1.54) is 11.6 Å². The van der Waals surface area contributed by atoms with Crippen LogP contribution in [-0.4, -0.2) is 47.7 Å². The van der Waals surface area contributed by atoms with Crippen LogP contribution in [0.5, 0.6) is 0 Å². The predicted molar refractivity (Wildman–Crippen MR) is 112 cm³/mol. The number of rotatable bonds is 13. The highest BCUT2D eigenvalue weighted by Crippen LogP contribution is 2.23. The highest BCUT2D eigenvalue weighted by atomic mass is 16.6. The first-order valence-electron chi connectivity index (χ1n) is 10.2. The first-order valence-corrected chi connectivity index (χ1v) is 10.2. The molecule has 0 saturated carbocycles. The summed E-state index contributed by atoms with van der Waals surface area (Å²) in [7, 11) is 0. The number of esters is 1. The molecule has 0 bridgehead atoms. The van der Waals surface area contributed by atoms with E-state index in [1.54, 1.807) is 13.0 Å². The molecule has 0 aromatic rings. The van der Waals surface area contributed by atoms with Crippen LogP contribution in [0.25, 0.3) is 0 Å². The van der Waals surface area contributed by atoms with Gasteiger partial charge < -0.3 is 19.7 Å². The lowest BCUT2D eigenvalue weighted by Gasteiger charge is -2.22. The number of aliphatic hydroxyl groups excluding tert-OH is 2. The number of carbonyl (C=O) groups excluding carboxylic acids is 1. The largest absolute Gasteiger partial charge is 0.456 e. The van der Waals surface area contributed by atoms with Gasteiger partial charge in [-0.3, -0.25) is 0 Å². The Morgan fingerprint density at radius 3 is 2.82 bits per heavy atom. The second kappa shape index (κ2) is 14.3. The fourth-order valence-electron chi connectivity index (χ4n) is 3.23. The highest BCUT2D eigenvalue weighted by molar-refractivity contribution is 5.81. The smallest absolute Gasteiger partial charge is 0.330 e. The van der Waals surface area contributed by atoms with Crippen molar-refractivity contribution in [2.24, 2.45) is 5.92 Å². The van der Waals surface area contributed by atoms with Crippen LogP contribution < -0.4 is 0 Å². The number of allylic oxidation sites excluding steroid dienone is 3. The zero-order valence-corrected chi connectivity index (χ0v) is 17.3. The molecule has 0 radical (unpaired) electrons. The van der Waals surface area contributed by atoms with Crippen LogP contribution in [0.4, 0.5) is 0 Å². The Morgan fingerprint density at radius 2 is 2.18 bits per heavy atom. The van der Waals surface area contributed by atoms with E-state index in [-0.39, 0.29) is 0 Å². The first kappa shape index (κ1) is 24.3. The Balaban J connectivity index is 2.29. The van der Waals surface area contributed by atoms with Gasteiger partial charge in [-0.05, 0) is 44.9 Å². The quantitative estimate of drug-likeness (QED) is 0.283. The van der Waals surface area contributed by atoms with Crippen molar-refractivity contribution in [2.75, 3.05) is 13.2 Å². The van der Waals surface area contributed by atoms with Crippen LogP contribution in [0.1, 0.15) is 52.4 Å². The van der Waals surface area contributed by atoms with Crippen molar-refractivity contribution in [3.63, 3.8) is 0 Å². The lowest BCUT2D eigenvalue weighted by molar-refractivity contribution is -0.150. The molecule has 0 amide bonds. The lowest BCUT2D eigenvalue weighted by Crippen LogP contribution is -2.33. The number of hydrogen-bond acceptors (Lipinski definition) is 5. The molecule has 1 rings (SSSR count). The summed E-state index contributed by atoms with van der Waals surface area (Å²) >= 11 is 0. The van der Waals surface area contributed by atoms with Crippen LogP contribution in [0.2, 0.25) is 0 Å². The van der Waals surface area contributed by atoms with Crippen molar-refractivity contribution in [1.29, 1.82) is 0 Å². The Labute approximate surface area is 169 Å². The van der Waals surface area contributed by atoms with E-state index in [9.17, 15) is 9.90 Å². The number of carbonyl (C=O) groups is 1. The van der Waals surface area contributed by atoms with Gasteiger partial charge in [0, 0.05) is 12.5 Å². The van der Waals surface area contributed by atoms with Crippen molar-refractivity contribution in [2.45, 2.75) is 70.7 Å². The van der Waals surface area contributed by atoms with E-state index in [0.29, 0.717) is 18.4 Å². The minimum Gasteiger partial charge on any atom is -0.456 e. The number of hydrogen-bond donors (Lipinski definition) is 2. The van der Waals surface area contributed by atoms with Crippen molar-refractivity contribution in [1.82, 2.24) is 0 Å². The molecular weight excluding hydrogens is 356 g/mol. The molecule has 1 heterocycles. The third-order valence-corrected chi connectivity index (χ3v) is 4.68. The molecule has 4 unspecified atom stereocenters. The molecule has 0 aromatic heterocycles. The van der Waals surface area contributed by atoms with Crippen LogP contribution in [-0.2, 0) is 14.3 Å². The Kier molecular flexibility index (Phi) is 12.5. The molecule has 0 aromatic carbocycles. The van der Waals surface area contributed by atoms with E-state index in [1.807, 2.05) is 12.2 Å². The van der Waals surface area contributed by atoms with Crippen LogP contribution in [0.3, 0.4) is 0 Å². The summed E-state index contributed by atoms with van der Waals surface area (Å²) in [5.41, 5.74) is 1.22. The van der Waals surface area contributed by atoms with Gasteiger partial charge in [-0.25, -0.2) is 4.79 Å². The number of ether oxygens (including phenoxy) is 2. The average molecular weight is 393 g/mol. The molecule has 1 aliphatic heterocycles. The fourth-order valence-corrected chi connectivity index (χ4v) is 3.23. The summed E-state index contributed by atoms with van der Waals surface area (Å²) in [5, 5.41) is 18.9. The average Bonchev–Trinajstić information content (AvgIpc) is 2.67. The van der Waals surface area contributed by atoms with Gasteiger partial charge in [-0.2, -0.15) is 0 Å². The van der Waals surface area contributed by atoms with Gasteiger partial charge in [0.2, 0.25) is 0 Å². The van der Waals surface area contributed by atoms with E-state index in [2.05, 4.69) is 25.7 Å². The molecule has 2 N–H and O–H groups in total. The van der Waals surface area contributed by atoms with Gasteiger partial charge in [0.05, 0.1) is 19.3 Å². The van der Waals surface area contributed by atoms with Gasteiger partial charge in [-0.15, -0.1) is 0 Å². The van der Waals surface area contributed by atoms with Crippen molar-refractivity contribution in [3.8, 4) is 0 Å². The topological polar surface area (TPSA) is 76.0 Å². The standard InChI is InChI=1S/C23H36O5/c1-4-10-23(26)28-22(21(25)17-24)13-7-5-6-11-18(2)15-19(3)16-20-12-8-9-14-27-20/h4-5,7-10,19-22,24-25H,2,6,11-17H2,1,3H3/b7-5+,10-4-. The maximum atomic E-state index is 11.5. The monoisotopic (exact) mass is 392 g/mol. The van der Waals surface area contributed by atoms with Crippen LogP contribution >= 0.6 is 0 Å². The minimum absolute atomic E-state index is 0.327. The zero-order valence-electron chi connectivity index (χ0n) is 17.3. The number of aliphatic hydroxyl groups is 2. The highest BCUT2D eigenvalue weighted by Gasteiger charge is 2.20. The van der Waals surface area contributed by atoms with Crippen molar-refractivity contribution < 1.29 is 24.5 Å². The summed E-state index contributed by atoms with van der Waals surface area (Å²) in [5.74, 6) is 0.0243. The third-order valence-electron chi connectivity index (χ3n) is 4.68. The normalized spacial score (nSPS) is 20.4. The summed E-state index contributed by atoms with van der Waals surface area (Å²) in [4.78, 5) is 11.5. The fraction of sp³-hybridized carbons (Fsp3) is 0.609. The van der Waals surface area contributed by atoms with Gasteiger partial charge in [0.1, 0.15) is 12.2 Å². The van der Waals surface area contributed by atoms with Gasteiger partial charge in [0.25, 0.3) is 0 Å². The van der Waals surface area contributed by atoms with E-state index >= 15 is 0 Å². The van der Waals surface area contributed by atoms with Crippen molar-refractivity contribution in [3.05, 3.63) is 48.6 Å². The molecule has 158 valence electrons. The maximum Gasteiger partial charge on any atom is 0.330 e. The summed E-state index contributed by atoms with van der Waals surface area (Å²) in [6, 6.07) is 0. The second-order valence-electron chi connectivity index (χ2n) is 7.43. The predicted octanol–water partition coefficient (Wildman–Crippen LogP) is 3.87. The first-order chi connectivity index (χ1) is 13.5. The van der Waals surface area contributed by atoms with Gasteiger partial charge in [-0.1, -0.05) is 49.5 Å². The summed E-state index contributed by atoms with van der Waals surface area (Å²) in [6.45, 7) is 8.41. The lowest BCUT2D eigenvalue weighted by atomic mass is 9.92. The Bertz CT molecular complexity index is 549. The Morgan fingerprint density at radius 1 is 1.39 bits per heavy atom. The molecule has 1 aliphatic rings. The third kappa shape index (κ3) is 10.6. The molecule has 0 saturated heterocycles. The molecule has 5 nitrogen and oxygen atoms in total. The summed E-state index contributed by atoms with van der Waals surface area (Å²) < 4.78 is 10.9. The van der Waals surface area contributed by atoms with E-state index < -0.39 is 24.8 Å². The molecule has 0 fully saturated rings. The van der Waals surface area contributed by atoms with Gasteiger partial charge in [0.15, 0.2) is 0 Å². The van der Waals surface area contributed by atoms with Crippen molar-refractivity contribution >= 4 is 5.97 Å². The van der Waals surface area contributed by atoms with E-state index in [0.717, 1.165) is 38.7 Å². The molecule has 5 heteroatoms. The minimum atomic E-state index is -1.09. The molecular formula is C23H36O5. The van der Waals surface area contributed by atoms with E-state index in [4.69, 9.17) is 14.6 Å². The maximum absolute atomic E-state index is 11.5. The molecule has 0 aliphatic carbocycles. The SMILES string of the molecule is C=C(CC/C=C/CC(OC(=O)/C=C\C)C(O)CO)CC(C)CC1CC=CCO1. The van der Waals surface area contributed by atoms with Gasteiger partial charge >= 0.3 is 5.97 Å². The molecule has 4 atom stereocenters. The van der Waals surface area contributed by atoms with Crippen LogP contribution in [0.15, 0.2) is 48.6 Å². The summed E-state index contributed by atoms with van der Waals surface area (Å²) in [6.07, 6.45) is 14.6. The Hall–Kier alpha value is -1.69. The van der Waals surface area contributed by atoms with Crippen LogP contribution in [0, 0.1) is 5.92 Å². The molecule has 28 heavy (non-hydrogen) atoms. The second-order valence-corrected chi connectivity index (χ2v) is 7.43. The zero-order chi connectivity index (χ0) is 20.8. The molecule has 0 spiro atoms.